The van der Waals surface area contributed by atoms with Gasteiger partial charge in [0.25, 0.3) is 0 Å². The first-order chi connectivity index (χ1) is 22.7. The Kier molecular flexibility index (Phi) is 12.2. The summed E-state index contributed by atoms with van der Waals surface area (Å²) in [7, 11) is -9.91. The Morgan fingerprint density at radius 1 is 0.796 bits per heavy atom. The van der Waals surface area contributed by atoms with Gasteiger partial charge in [-0.15, -0.1) is 0 Å². The van der Waals surface area contributed by atoms with Gasteiger partial charge in [0.2, 0.25) is 5.88 Å². The smallest absolute Gasteiger partial charge is 0.353 e. The lowest BCUT2D eigenvalue weighted by atomic mass is 9.89. The van der Waals surface area contributed by atoms with E-state index in [2.05, 4.69) is 74.2 Å². The lowest BCUT2D eigenvalue weighted by molar-refractivity contribution is -0.0566. The van der Waals surface area contributed by atoms with Crippen LogP contribution in [0, 0.1) is 0 Å². The lowest BCUT2D eigenvalue weighted by Gasteiger charge is -2.51. The summed E-state index contributed by atoms with van der Waals surface area (Å²) in [6.45, 7) is 29.7. The number of rotatable bonds is 11. The average molecular weight is 737 g/mol. The lowest BCUT2D eigenvalue weighted by Crippen LogP contribution is -2.65. The van der Waals surface area contributed by atoms with Gasteiger partial charge in [-0.25, -0.2) is 4.79 Å². The molecule has 2 fully saturated rings. The van der Waals surface area contributed by atoms with E-state index in [0.29, 0.717) is 24.2 Å². The number of hydrogen-bond donors (Lipinski definition) is 0. The molecule has 2 aliphatic rings. The zero-order chi connectivity index (χ0) is 36.8. The van der Waals surface area contributed by atoms with E-state index in [9.17, 15) is 13.2 Å². The zero-order valence-corrected chi connectivity index (χ0v) is 34.9. The minimum Gasteiger partial charge on any atom is -0.414 e. The molecule has 4 rings (SSSR count). The molecule has 0 saturated carbocycles. The normalized spacial score (nSPS) is 22.8. The quantitative estimate of drug-likeness (QED) is 0.165. The third-order valence-corrected chi connectivity index (χ3v) is 21.8. The van der Waals surface area contributed by atoms with Crippen LogP contribution in [0.25, 0.3) is 0 Å². The highest BCUT2D eigenvalue weighted by atomic mass is 32.2. The highest BCUT2D eigenvalue weighted by molar-refractivity contribution is 7.87. The minimum absolute atomic E-state index is 0.0688. The standard InChI is InChI=1S/C36H60N2O8SSi2/c1-21(2)28-17-29(22(3)4)35(30(18-28)23(5)6)47(40,41)44-33-15-16-38(36(39)37-33)34-19-31-32(43-34)20-42-48(24(7)8,25(9)10)46-49(45-31,26(11)12)27(13)14/h15-18,21-27,31-32,34H,19-20H2,1-14H3/t31-,32+,34+/m0/s1. The van der Waals surface area contributed by atoms with Crippen LogP contribution < -0.4 is 9.87 Å². The predicted octanol–water partition coefficient (Wildman–Crippen LogP) is 8.63. The fourth-order valence-electron chi connectivity index (χ4n) is 7.30. The summed E-state index contributed by atoms with van der Waals surface area (Å²) in [5, 5.41) is 0. The molecular formula is C36H60N2O8SSi2. The first kappa shape index (κ1) is 39.9. The number of benzene rings is 1. The van der Waals surface area contributed by atoms with E-state index in [1.165, 1.54) is 16.8 Å². The maximum Gasteiger partial charge on any atom is 0.353 e. The number of hydrogen-bond acceptors (Lipinski definition) is 9. The third kappa shape index (κ3) is 7.83. The van der Waals surface area contributed by atoms with Crippen molar-refractivity contribution >= 4 is 27.2 Å². The zero-order valence-electron chi connectivity index (χ0n) is 32.1. The maximum atomic E-state index is 13.9. The topological polar surface area (TPSA) is 115 Å². The van der Waals surface area contributed by atoms with Crippen molar-refractivity contribution < 1.29 is 30.3 Å². The van der Waals surface area contributed by atoms with Crippen molar-refractivity contribution in [2.75, 3.05) is 6.61 Å². The van der Waals surface area contributed by atoms with Gasteiger partial charge in [-0.3, -0.25) is 4.57 Å². The summed E-state index contributed by atoms with van der Waals surface area (Å²) in [6.07, 6.45) is 0.483. The Labute approximate surface area is 296 Å². The van der Waals surface area contributed by atoms with Crippen LogP contribution in [0.4, 0.5) is 0 Å². The number of fused-ring (bicyclic) bond motifs is 1. The average Bonchev–Trinajstić information content (AvgIpc) is 3.36. The van der Waals surface area contributed by atoms with E-state index in [4.69, 9.17) is 21.9 Å². The minimum atomic E-state index is -4.32. The molecule has 0 bridgehead atoms. The van der Waals surface area contributed by atoms with Gasteiger partial charge in [0.1, 0.15) is 17.2 Å². The summed E-state index contributed by atoms with van der Waals surface area (Å²) in [5.74, 6) is -0.195. The second-order valence-corrected chi connectivity index (χ2v) is 26.3. The van der Waals surface area contributed by atoms with Gasteiger partial charge in [-0.2, -0.15) is 13.4 Å². The van der Waals surface area contributed by atoms with Crippen molar-refractivity contribution in [3.63, 3.8) is 0 Å². The molecule has 2 aliphatic heterocycles. The van der Waals surface area contributed by atoms with E-state index >= 15 is 0 Å². The number of nitrogens with zero attached hydrogens (tertiary/aromatic N) is 2. The molecule has 0 radical (unpaired) electrons. The molecule has 2 aromatic rings. The van der Waals surface area contributed by atoms with E-state index in [1.807, 2.05) is 39.8 Å². The summed E-state index contributed by atoms with van der Waals surface area (Å²) in [5.41, 5.74) is 2.50. The van der Waals surface area contributed by atoms with Gasteiger partial charge in [0.15, 0.2) is 0 Å². The summed E-state index contributed by atoms with van der Waals surface area (Å²) < 4.78 is 62.5. The number of aromatic nitrogens is 2. The van der Waals surface area contributed by atoms with Crippen LogP contribution in [0.1, 0.15) is 144 Å². The molecule has 276 valence electrons. The Morgan fingerprint density at radius 3 is 1.78 bits per heavy atom. The third-order valence-electron chi connectivity index (χ3n) is 10.2. The van der Waals surface area contributed by atoms with E-state index in [-0.39, 0.29) is 56.8 Å². The van der Waals surface area contributed by atoms with Crippen LogP contribution in [-0.4, -0.2) is 53.9 Å². The van der Waals surface area contributed by atoms with E-state index in [0.717, 1.165) is 5.56 Å². The second-order valence-electron chi connectivity index (χ2n) is 16.0. The van der Waals surface area contributed by atoms with Gasteiger partial charge in [0.05, 0.1) is 12.7 Å². The number of ether oxygens (including phenoxy) is 1. The molecule has 0 spiro atoms. The van der Waals surface area contributed by atoms with Crippen LogP contribution >= 0.6 is 0 Å². The van der Waals surface area contributed by atoms with Crippen molar-refractivity contribution in [2.45, 2.75) is 167 Å². The molecule has 0 unspecified atom stereocenters. The molecule has 0 amide bonds. The fourth-order valence-corrected chi connectivity index (χ4v) is 20.1. The summed E-state index contributed by atoms with van der Waals surface area (Å²) in [6, 6.07) is 5.31. The molecule has 1 aromatic carbocycles. The summed E-state index contributed by atoms with van der Waals surface area (Å²) >= 11 is 0. The molecule has 2 saturated heterocycles. The molecule has 13 heteroatoms. The van der Waals surface area contributed by atoms with Gasteiger partial charge >= 0.3 is 32.9 Å². The van der Waals surface area contributed by atoms with Gasteiger partial charge < -0.3 is 21.9 Å². The van der Waals surface area contributed by atoms with Crippen molar-refractivity contribution in [1.29, 1.82) is 0 Å². The monoisotopic (exact) mass is 736 g/mol. The molecule has 3 atom stereocenters. The highest BCUT2D eigenvalue weighted by Crippen LogP contribution is 2.48. The Hall–Kier alpha value is -1.88. The Bertz CT molecular complexity index is 1590. The Morgan fingerprint density at radius 2 is 1.33 bits per heavy atom. The van der Waals surface area contributed by atoms with E-state index < -0.39 is 45.3 Å². The molecule has 3 heterocycles. The molecule has 0 aliphatic carbocycles. The highest BCUT2D eigenvalue weighted by Gasteiger charge is 2.60. The van der Waals surface area contributed by atoms with Gasteiger partial charge in [-0.1, -0.05) is 109 Å². The van der Waals surface area contributed by atoms with Crippen LogP contribution in [0.2, 0.25) is 22.2 Å². The van der Waals surface area contributed by atoms with Gasteiger partial charge in [-0.05, 0) is 56.6 Å². The van der Waals surface area contributed by atoms with Crippen molar-refractivity contribution in [1.82, 2.24) is 9.55 Å². The fraction of sp³-hybridized carbons (Fsp3) is 0.722. The molecule has 10 nitrogen and oxygen atoms in total. The molecule has 0 N–H and O–H groups in total. The summed E-state index contributed by atoms with van der Waals surface area (Å²) in [4.78, 5) is 17.7. The van der Waals surface area contributed by atoms with Crippen LogP contribution in [0.15, 0.2) is 34.1 Å². The van der Waals surface area contributed by atoms with Crippen LogP contribution in [-0.2, 0) is 27.8 Å². The maximum absolute atomic E-state index is 13.9. The SMILES string of the molecule is CC(C)c1cc(C(C)C)c(S(=O)(=O)Oc2ccn([C@H]3C[C@@H]4O[Si](C(C)C)(C(C)C)O[Si](C(C)C)(C(C)C)OC[C@H]4O3)c(=O)n2)c(C(C)C)c1. The van der Waals surface area contributed by atoms with Gasteiger partial charge in [0, 0.05) is 18.7 Å². The van der Waals surface area contributed by atoms with Crippen molar-refractivity contribution in [3.8, 4) is 5.88 Å². The largest absolute Gasteiger partial charge is 0.414 e. The first-order valence-corrected chi connectivity index (χ1v) is 23.4. The second kappa shape index (κ2) is 15.0. The van der Waals surface area contributed by atoms with Crippen molar-refractivity contribution in [2.24, 2.45) is 0 Å². The van der Waals surface area contributed by atoms with Crippen molar-refractivity contribution in [3.05, 3.63) is 51.6 Å². The van der Waals surface area contributed by atoms with Crippen LogP contribution in [0.3, 0.4) is 0 Å². The molecular weight excluding hydrogens is 677 g/mol. The predicted molar refractivity (Wildman–Crippen MR) is 197 cm³/mol. The molecule has 49 heavy (non-hydrogen) atoms. The van der Waals surface area contributed by atoms with Crippen LogP contribution in [0.5, 0.6) is 5.88 Å². The first-order valence-electron chi connectivity index (χ1n) is 18.1. The Balaban J connectivity index is 1.66. The van der Waals surface area contributed by atoms with E-state index in [1.54, 1.807) is 0 Å². The molecule has 1 aromatic heterocycles.